The topological polar surface area (TPSA) is 46.4 Å². The van der Waals surface area contributed by atoms with Gasteiger partial charge in [-0.05, 0) is 12.1 Å². The van der Waals surface area contributed by atoms with Gasteiger partial charge in [0.25, 0.3) is 5.91 Å². The molecule has 2 aromatic carbocycles. The zero-order valence-electron chi connectivity index (χ0n) is 10.5. The SMILES string of the molecule is O=C1CSC(n2c3ccccc3c3ccccc32)=NN1. The number of hydrogen-bond donors (Lipinski definition) is 1. The molecule has 1 aliphatic heterocycles. The van der Waals surface area contributed by atoms with Crippen LogP contribution < -0.4 is 5.43 Å². The fraction of sp³-hybridized carbons (Fsp3) is 0.0667. The molecule has 98 valence electrons. The Morgan fingerprint density at radius 3 is 2.15 bits per heavy atom. The van der Waals surface area contributed by atoms with E-state index < -0.39 is 0 Å². The molecule has 20 heavy (non-hydrogen) atoms. The molecule has 4 nitrogen and oxygen atoms in total. The van der Waals surface area contributed by atoms with Crippen molar-refractivity contribution in [2.45, 2.75) is 0 Å². The van der Waals surface area contributed by atoms with Crippen molar-refractivity contribution in [3.05, 3.63) is 48.5 Å². The summed E-state index contributed by atoms with van der Waals surface area (Å²) in [7, 11) is 0. The number of hydrogen-bond acceptors (Lipinski definition) is 3. The molecule has 5 heteroatoms. The molecule has 0 radical (unpaired) electrons. The molecule has 1 aliphatic rings. The second-order valence-electron chi connectivity index (χ2n) is 4.59. The predicted octanol–water partition coefficient (Wildman–Crippen LogP) is 2.78. The maximum absolute atomic E-state index is 11.3. The minimum Gasteiger partial charge on any atom is -0.287 e. The minimum atomic E-state index is -0.0560. The summed E-state index contributed by atoms with van der Waals surface area (Å²) in [6.07, 6.45) is 0. The molecule has 0 spiro atoms. The van der Waals surface area contributed by atoms with Crippen LogP contribution in [0.2, 0.25) is 0 Å². The zero-order valence-corrected chi connectivity index (χ0v) is 11.4. The highest BCUT2D eigenvalue weighted by Gasteiger charge is 2.18. The minimum absolute atomic E-state index is 0.0560. The standard InChI is InChI=1S/C15H11N3OS/c19-14-9-20-15(17-16-14)18-12-7-3-1-5-10(12)11-6-2-4-8-13(11)18/h1-8H,9H2,(H,16,19). The highest BCUT2D eigenvalue weighted by Crippen LogP contribution is 2.30. The number of carbonyl (C=O) groups excluding carboxylic acids is 1. The van der Waals surface area contributed by atoms with Crippen LogP contribution in [-0.2, 0) is 4.79 Å². The molecule has 3 aromatic rings. The van der Waals surface area contributed by atoms with Crippen molar-refractivity contribution in [3.63, 3.8) is 0 Å². The lowest BCUT2D eigenvalue weighted by atomic mass is 10.2. The number of carbonyl (C=O) groups is 1. The van der Waals surface area contributed by atoms with E-state index in [0.717, 1.165) is 16.2 Å². The Labute approximate surface area is 119 Å². The summed E-state index contributed by atoms with van der Waals surface area (Å²) in [4.78, 5) is 11.3. The van der Waals surface area contributed by atoms with Crippen LogP contribution in [0.3, 0.4) is 0 Å². The van der Waals surface area contributed by atoms with Gasteiger partial charge >= 0.3 is 0 Å². The summed E-state index contributed by atoms with van der Waals surface area (Å²) in [5, 5.41) is 7.40. The van der Waals surface area contributed by atoms with Crippen molar-refractivity contribution in [2.75, 3.05) is 5.75 Å². The van der Waals surface area contributed by atoms with Crippen molar-refractivity contribution < 1.29 is 4.79 Å². The highest BCUT2D eigenvalue weighted by molar-refractivity contribution is 8.14. The first kappa shape index (κ1) is 11.5. The van der Waals surface area contributed by atoms with Gasteiger partial charge in [-0.3, -0.25) is 9.36 Å². The number of para-hydroxylation sites is 2. The molecule has 1 aromatic heterocycles. The third kappa shape index (κ3) is 1.63. The maximum atomic E-state index is 11.3. The third-order valence-corrected chi connectivity index (χ3v) is 4.32. The normalized spacial score (nSPS) is 15.4. The van der Waals surface area contributed by atoms with Gasteiger partial charge in [-0.1, -0.05) is 48.2 Å². The summed E-state index contributed by atoms with van der Waals surface area (Å²) < 4.78 is 2.11. The number of hydrazone groups is 1. The largest absolute Gasteiger partial charge is 0.287 e. The highest BCUT2D eigenvalue weighted by atomic mass is 32.2. The molecule has 0 saturated carbocycles. The number of nitrogens with zero attached hydrogens (tertiary/aromatic N) is 2. The average molecular weight is 281 g/mol. The van der Waals surface area contributed by atoms with Crippen molar-refractivity contribution in [1.82, 2.24) is 9.99 Å². The van der Waals surface area contributed by atoms with Gasteiger partial charge in [-0.2, -0.15) is 0 Å². The van der Waals surface area contributed by atoms with Crippen molar-refractivity contribution in [2.24, 2.45) is 5.10 Å². The molecule has 0 aliphatic carbocycles. The van der Waals surface area contributed by atoms with E-state index in [4.69, 9.17) is 0 Å². The molecule has 2 heterocycles. The van der Waals surface area contributed by atoms with E-state index in [1.165, 1.54) is 22.5 Å². The fourth-order valence-corrected chi connectivity index (χ4v) is 3.31. The van der Waals surface area contributed by atoms with Gasteiger partial charge in [0.2, 0.25) is 0 Å². The van der Waals surface area contributed by atoms with E-state index in [2.05, 4.69) is 39.4 Å². The third-order valence-electron chi connectivity index (χ3n) is 3.38. The monoisotopic (exact) mass is 281 g/mol. The number of amides is 1. The van der Waals surface area contributed by atoms with Gasteiger partial charge in [0.15, 0.2) is 5.17 Å². The fourth-order valence-electron chi connectivity index (χ4n) is 2.55. The number of fused-ring (bicyclic) bond motifs is 3. The van der Waals surface area contributed by atoms with E-state index in [9.17, 15) is 4.79 Å². The quantitative estimate of drug-likeness (QED) is 0.688. The molecule has 0 bridgehead atoms. The average Bonchev–Trinajstić information content (AvgIpc) is 2.83. The molecule has 0 fully saturated rings. The van der Waals surface area contributed by atoms with Crippen LogP contribution in [0.4, 0.5) is 0 Å². The van der Waals surface area contributed by atoms with Gasteiger partial charge in [-0.25, -0.2) is 5.43 Å². The summed E-state index contributed by atoms with van der Waals surface area (Å²) in [5.41, 5.74) is 4.77. The smallest absolute Gasteiger partial charge is 0.250 e. The Hall–Kier alpha value is -2.27. The number of thioether (sulfide) groups is 1. The zero-order chi connectivity index (χ0) is 13.5. The Morgan fingerprint density at radius 1 is 1.00 bits per heavy atom. The first-order chi connectivity index (χ1) is 9.84. The van der Waals surface area contributed by atoms with E-state index in [1.807, 2.05) is 24.3 Å². The molecule has 0 saturated heterocycles. The Balaban J connectivity index is 2.08. The number of nitrogens with one attached hydrogen (secondary N) is 1. The summed E-state index contributed by atoms with van der Waals surface area (Å²) in [6.45, 7) is 0. The molecule has 4 rings (SSSR count). The van der Waals surface area contributed by atoms with Crippen molar-refractivity contribution in [1.29, 1.82) is 0 Å². The van der Waals surface area contributed by atoms with E-state index in [-0.39, 0.29) is 5.91 Å². The predicted molar refractivity (Wildman–Crippen MR) is 82.9 cm³/mol. The molecular formula is C15H11N3OS. The molecule has 0 unspecified atom stereocenters. The number of aromatic nitrogens is 1. The van der Waals surface area contributed by atoms with Crippen LogP contribution in [-0.4, -0.2) is 21.4 Å². The Bertz CT molecular complexity index is 813. The summed E-state index contributed by atoms with van der Waals surface area (Å²) >= 11 is 1.46. The second kappa shape index (κ2) is 4.38. The Morgan fingerprint density at radius 2 is 1.60 bits per heavy atom. The van der Waals surface area contributed by atoms with Crippen LogP contribution in [0.25, 0.3) is 21.8 Å². The van der Waals surface area contributed by atoms with Gasteiger partial charge in [0.1, 0.15) is 0 Å². The van der Waals surface area contributed by atoms with Crippen molar-refractivity contribution >= 4 is 44.6 Å². The van der Waals surface area contributed by atoms with Gasteiger partial charge < -0.3 is 0 Å². The first-order valence-corrected chi connectivity index (χ1v) is 7.31. The maximum Gasteiger partial charge on any atom is 0.250 e. The van der Waals surface area contributed by atoms with Crippen LogP contribution in [0, 0.1) is 0 Å². The van der Waals surface area contributed by atoms with Crippen LogP contribution >= 0.6 is 11.8 Å². The molecular weight excluding hydrogens is 270 g/mol. The first-order valence-electron chi connectivity index (χ1n) is 6.32. The van der Waals surface area contributed by atoms with E-state index in [1.54, 1.807) is 0 Å². The number of benzene rings is 2. The lowest BCUT2D eigenvalue weighted by Gasteiger charge is -2.14. The van der Waals surface area contributed by atoms with Gasteiger partial charge in [0.05, 0.1) is 16.8 Å². The van der Waals surface area contributed by atoms with Crippen LogP contribution in [0.15, 0.2) is 53.6 Å². The number of rotatable bonds is 0. The summed E-state index contributed by atoms with van der Waals surface area (Å²) in [6, 6.07) is 16.5. The second-order valence-corrected chi connectivity index (χ2v) is 5.53. The summed E-state index contributed by atoms with van der Waals surface area (Å²) in [5.74, 6) is 0.346. The molecule has 0 atom stereocenters. The van der Waals surface area contributed by atoms with Gasteiger partial charge in [-0.15, -0.1) is 5.10 Å². The Kier molecular flexibility index (Phi) is 2.53. The van der Waals surface area contributed by atoms with E-state index in [0.29, 0.717) is 5.75 Å². The lowest BCUT2D eigenvalue weighted by molar-refractivity contribution is -0.118. The van der Waals surface area contributed by atoms with Crippen molar-refractivity contribution in [3.8, 4) is 0 Å². The van der Waals surface area contributed by atoms with Gasteiger partial charge in [0, 0.05) is 10.8 Å². The lowest BCUT2D eigenvalue weighted by Crippen LogP contribution is -2.28. The molecule has 1 amide bonds. The molecule has 1 N–H and O–H groups in total. The van der Waals surface area contributed by atoms with Crippen LogP contribution in [0.5, 0.6) is 0 Å². The van der Waals surface area contributed by atoms with E-state index >= 15 is 0 Å². The van der Waals surface area contributed by atoms with Crippen LogP contribution in [0.1, 0.15) is 0 Å².